The first-order valence-electron chi connectivity index (χ1n) is 8.98. The molecule has 25 heavy (non-hydrogen) atoms. The van der Waals surface area contributed by atoms with Crippen molar-refractivity contribution in [2.75, 3.05) is 39.8 Å². The van der Waals surface area contributed by atoms with E-state index in [2.05, 4.69) is 30.5 Å². The molecule has 1 amide bonds. The number of aryl methyl sites for hydroxylation is 2. The first-order chi connectivity index (χ1) is 12.1. The van der Waals surface area contributed by atoms with Gasteiger partial charge in [-0.15, -0.1) is 0 Å². The lowest BCUT2D eigenvalue weighted by Crippen LogP contribution is -3.15. The molecule has 0 radical (unpaired) electrons. The van der Waals surface area contributed by atoms with Crippen molar-refractivity contribution in [3.8, 4) is 5.75 Å². The summed E-state index contributed by atoms with van der Waals surface area (Å²) in [5, 5.41) is 0. The summed E-state index contributed by atoms with van der Waals surface area (Å²) in [5.41, 5.74) is 3.39. The fraction of sp³-hybridized carbons (Fsp3) is 0.450. The average molecular weight is 342 g/mol. The van der Waals surface area contributed by atoms with E-state index in [9.17, 15) is 4.79 Å². The van der Waals surface area contributed by atoms with Crippen molar-refractivity contribution in [2.24, 2.45) is 0 Å². The number of ether oxygens (including phenoxy) is 1. The molecule has 0 saturated carbocycles. The van der Waals surface area contributed by atoms with E-state index in [1.807, 2.05) is 29.2 Å². The van der Waals surface area contributed by atoms with Crippen molar-refractivity contribution in [1.29, 1.82) is 0 Å². The van der Waals surface area contributed by atoms with Crippen LogP contribution >= 0.6 is 0 Å². The molecule has 134 valence electrons. The summed E-state index contributed by atoms with van der Waals surface area (Å²) in [7, 11) is 1.63. The van der Waals surface area contributed by atoms with Crippen LogP contribution in [0.25, 0.3) is 0 Å². The molecule has 5 heteroatoms. The van der Waals surface area contributed by atoms with E-state index in [-0.39, 0.29) is 5.91 Å². The minimum absolute atomic E-state index is 0.124. The molecular weight excluding hydrogens is 314 g/mol. The highest BCUT2D eigenvalue weighted by Gasteiger charge is 2.24. The number of aromatic nitrogens is 1. The van der Waals surface area contributed by atoms with Crippen LogP contribution in [0.3, 0.4) is 0 Å². The van der Waals surface area contributed by atoms with Crippen molar-refractivity contribution in [3.63, 3.8) is 0 Å². The van der Waals surface area contributed by atoms with Crippen molar-refractivity contribution in [2.45, 2.75) is 20.4 Å². The zero-order valence-corrected chi connectivity index (χ0v) is 15.4. The first-order valence-corrected chi connectivity index (χ1v) is 8.98. The number of amides is 1. The molecule has 1 aromatic heterocycles. The minimum Gasteiger partial charge on any atom is -0.497 e. The van der Waals surface area contributed by atoms with Gasteiger partial charge in [0.05, 0.1) is 46.4 Å². The van der Waals surface area contributed by atoms with Gasteiger partial charge in [-0.2, -0.15) is 0 Å². The Morgan fingerprint density at radius 3 is 2.20 bits per heavy atom. The lowest BCUT2D eigenvalue weighted by atomic mass is 10.1. The molecule has 0 atom stereocenters. The normalized spacial score (nSPS) is 15.4. The standard InChI is InChI=1S/C20H27N3O2/c1-16-4-5-17(2)23(16)15-12-21-10-13-22(14-11-21)20(24)18-6-8-19(25-3)9-7-18/h4-9H,10-15H2,1-3H3/p+1. The molecule has 2 heterocycles. The van der Waals surface area contributed by atoms with Crippen molar-refractivity contribution < 1.29 is 14.4 Å². The lowest BCUT2D eigenvalue weighted by molar-refractivity contribution is -0.904. The summed E-state index contributed by atoms with van der Waals surface area (Å²) in [6.07, 6.45) is 0. The molecule has 0 spiro atoms. The van der Waals surface area contributed by atoms with Crippen LogP contribution in [0, 0.1) is 13.8 Å². The summed E-state index contributed by atoms with van der Waals surface area (Å²) >= 11 is 0. The maximum Gasteiger partial charge on any atom is 0.254 e. The molecule has 5 nitrogen and oxygen atoms in total. The molecular formula is C20H28N3O2+. The topological polar surface area (TPSA) is 38.9 Å². The summed E-state index contributed by atoms with van der Waals surface area (Å²) in [6, 6.07) is 11.7. The van der Waals surface area contributed by atoms with Gasteiger partial charge in [0.2, 0.25) is 0 Å². The Morgan fingerprint density at radius 2 is 1.64 bits per heavy atom. The number of quaternary nitrogens is 1. The van der Waals surface area contributed by atoms with Gasteiger partial charge >= 0.3 is 0 Å². The molecule has 1 saturated heterocycles. The van der Waals surface area contributed by atoms with Crippen LogP contribution in [-0.2, 0) is 6.54 Å². The van der Waals surface area contributed by atoms with E-state index in [1.165, 1.54) is 11.4 Å². The number of benzene rings is 1. The summed E-state index contributed by atoms with van der Waals surface area (Å²) in [4.78, 5) is 16.2. The Hall–Kier alpha value is -2.27. The number of methoxy groups -OCH3 is 1. The zero-order chi connectivity index (χ0) is 17.8. The highest BCUT2D eigenvalue weighted by atomic mass is 16.5. The van der Waals surface area contributed by atoms with E-state index in [4.69, 9.17) is 4.74 Å². The van der Waals surface area contributed by atoms with Crippen LogP contribution in [0.5, 0.6) is 5.75 Å². The summed E-state index contributed by atoms with van der Waals surface area (Å²) in [6.45, 7) is 10.2. The number of carbonyl (C=O) groups is 1. The number of rotatable bonds is 5. The maximum absolute atomic E-state index is 12.6. The molecule has 1 N–H and O–H groups in total. The molecule has 0 bridgehead atoms. The predicted octanol–water partition coefficient (Wildman–Crippen LogP) is 1.15. The summed E-state index contributed by atoms with van der Waals surface area (Å²) < 4.78 is 7.53. The molecule has 1 aliphatic heterocycles. The highest BCUT2D eigenvalue weighted by molar-refractivity contribution is 5.94. The Bertz CT molecular complexity index is 694. The Labute approximate surface area is 149 Å². The van der Waals surface area contributed by atoms with Crippen molar-refractivity contribution in [1.82, 2.24) is 9.47 Å². The van der Waals surface area contributed by atoms with Crippen LogP contribution < -0.4 is 9.64 Å². The van der Waals surface area contributed by atoms with Gasteiger partial charge < -0.3 is 19.1 Å². The molecule has 1 fully saturated rings. The number of nitrogens with one attached hydrogen (secondary N) is 1. The van der Waals surface area contributed by atoms with Crippen molar-refractivity contribution in [3.05, 3.63) is 53.3 Å². The largest absolute Gasteiger partial charge is 0.497 e. The highest BCUT2D eigenvalue weighted by Crippen LogP contribution is 2.13. The maximum atomic E-state index is 12.6. The molecule has 3 rings (SSSR count). The minimum atomic E-state index is 0.124. The van der Waals surface area contributed by atoms with Gasteiger partial charge in [0.1, 0.15) is 5.75 Å². The van der Waals surface area contributed by atoms with Gasteiger partial charge in [-0.3, -0.25) is 4.79 Å². The second-order valence-electron chi connectivity index (χ2n) is 6.79. The number of nitrogens with zero attached hydrogens (tertiary/aromatic N) is 2. The lowest BCUT2D eigenvalue weighted by Gasteiger charge is -2.32. The zero-order valence-electron chi connectivity index (χ0n) is 15.4. The first kappa shape index (κ1) is 17.5. The fourth-order valence-corrected chi connectivity index (χ4v) is 3.51. The quantitative estimate of drug-likeness (QED) is 0.885. The van der Waals surface area contributed by atoms with E-state index < -0.39 is 0 Å². The van der Waals surface area contributed by atoms with Gasteiger partial charge in [0, 0.05) is 17.0 Å². The molecule has 1 aromatic carbocycles. The fourth-order valence-electron chi connectivity index (χ4n) is 3.51. The third-order valence-corrected chi connectivity index (χ3v) is 5.20. The van der Waals surface area contributed by atoms with E-state index >= 15 is 0 Å². The van der Waals surface area contributed by atoms with Crippen LogP contribution in [0.2, 0.25) is 0 Å². The third kappa shape index (κ3) is 4.04. The molecule has 1 aliphatic rings. The number of carbonyl (C=O) groups excluding carboxylic acids is 1. The van der Waals surface area contributed by atoms with Gasteiger partial charge in [-0.25, -0.2) is 0 Å². The average Bonchev–Trinajstić information content (AvgIpc) is 2.98. The van der Waals surface area contributed by atoms with E-state index in [0.29, 0.717) is 0 Å². The number of piperazine rings is 1. The van der Waals surface area contributed by atoms with Crippen LogP contribution in [0.15, 0.2) is 36.4 Å². The Kier molecular flexibility index (Phi) is 5.43. The van der Waals surface area contributed by atoms with Gasteiger partial charge in [-0.1, -0.05) is 0 Å². The van der Waals surface area contributed by atoms with E-state index in [1.54, 1.807) is 12.0 Å². The molecule has 0 aliphatic carbocycles. The Balaban J connectivity index is 1.50. The smallest absolute Gasteiger partial charge is 0.254 e. The third-order valence-electron chi connectivity index (χ3n) is 5.20. The SMILES string of the molecule is COc1ccc(C(=O)N2CC[NH+](CCn3c(C)ccc3C)CC2)cc1. The van der Waals surface area contributed by atoms with Crippen molar-refractivity contribution >= 4 is 5.91 Å². The Morgan fingerprint density at radius 1 is 1.04 bits per heavy atom. The van der Waals surface area contributed by atoms with Gasteiger partial charge in [-0.05, 0) is 50.2 Å². The molecule has 0 unspecified atom stereocenters. The second kappa shape index (κ2) is 7.74. The monoisotopic (exact) mass is 342 g/mol. The summed E-state index contributed by atoms with van der Waals surface area (Å²) in [5.74, 6) is 0.903. The predicted molar refractivity (Wildman–Crippen MR) is 98.4 cm³/mol. The van der Waals surface area contributed by atoms with E-state index in [0.717, 1.165) is 50.6 Å². The van der Waals surface area contributed by atoms with Gasteiger partial charge in [0.15, 0.2) is 0 Å². The van der Waals surface area contributed by atoms with Crippen LogP contribution in [0.1, 0.15) is 21.7 Å². The number of hydrogen-bond donors (Lipinski definition) is 1. The number of hydrogen-bond acceptors (Lipinski definition) is 2. The second-order valence-corrected chi connectivity index (χ2v) is 6.79. The van der Waals surface area contributed by atoms with Crippen LogP contribution in [0.4, 0.5) is 0 Å². The van der Waals surface area contributed by atoms with Crippen LogP contribution in [-0.4, -0.2) is 55.2 Å². The molecule has 2 aromatic rings. The van der Waals surface area contributed by atoms with Gasteiger partial charge in [0.25, 0.3) is 5.91 Å².